The first kappa shape index (κ1) is 18.8. The quantitative estimate of drug-likeness (QED) is 0.593. The van der Waals surface area contributed by atoms with Gasteiger partial charge in [-0.05, 0) is 38.3 Å². The van der Waals surface area contributed by atoms with E-state index in [4.69, 9.17) is 0 Å². The molecule has 0 spiro atoms. The molecule has 25 heavy (non-hydrogen) atoms. The largest absolute Gasteiger partial charge is 0.358 e. The summed E-state index contributed by atoms with van der Waals surface area (Å²) in [5.74, 6) is -0.0379. The van der Waals surface area contributed by atoms with E-state index < -0.39 is 0 Å². The Balaban J connectivity index is 1.70. The summed E-state index contributed by atoms with van der Waals surface area (Å²) in [5.41, 5.74) is 3.47. The Kier molecular flexibility index (Phi) is 6.86. The predicted molar refractivity (Wildman–Crippen MR) is 101 cm³/mol. The third-order valence-corrected chi connectivity index (χ3v) is 4.34. The molecule has 1 atom stereocenters. The fraction of sp³-hybridized carbons (Fsp3) is 0.474. The van der Waals surface area contributed by atoms with Crippen LogP contribution in [0.2, 0.25) is 0 Å². The van der Waals surface area contributed by atoms with E-state index in [1.165, 1.54) is 10.9 Å². The second-order valence-corrected chi connectivity index (χ2v) is 6.33. The number of nitrogens with one attached hydrogen (secondary N) is 4. The van der Waals surface area contributed by atoms with Gasteiger partial charge in [-0.1, -0.05) is 25.1 Å². The zero-order chi connectivity index (χ0) is 18.2. The standard InChI is InChI=1S/C19H28N4O2/c1-4-13(2)22-18(24)10-12-21-19(25)20-11-9-15-14(3)23-17-8-6-5-7-16(15)17/h5-8,13,23H,4,9-12H2,1-3H3,(H,22,24)(H2,20,21,25). The van der Waals surface area contributed by atoms with E-state index in [1.54, 1.807) is 0 Å². The third-order valence-electron chi connectivity index (χ3n) is 4.34. The molecule has 0 fully saturated rings. The fourth-order valence-electron chi connectivity index (χ4n) is 2.76. The molecule has 6 heteroatoms. The fourth-order valence-corrected chi connectivity index (χ4v) is 2.76. The number of para-hydroxylation sites is 1. The molecule has 1 heterocycles. The van der Waals surface area contributed by atoms with Crippen LogP contribution < -0.4 is 16.0 Å². The summed E-state index contributed by atoms with van der Waals surface area (Å²) >= 11 is 0. The van der Waals surface area contributed by atoms with Crippen molar-refractivity contribution in [3.63, 3.8) is 0 Å². The van der Waals surface area contributed by atoms with Crippen molar-refractivity contribution in [2.45, 2.75) is 46.1 Å². The Morgan fingerprint density at radius 1 is 1.16 bits per heavy atom. The van der Waals surface area contributed by atoms with Gasteiger partial charge in [0.1, 0.15) is 0 Å². The van der Waals surface area contributed by atoms with Gasteiger partial charge >= 0.3 is 6.03 Å². The van der Waals surface area contributed by atoms with E-state index in [-0.39, 0.29) is 18.0 Å². The lowest BCUT2D eigenvalue weighted by atomic mass is 10.1. The van der Waals surface area contributed by atoms with Crippen LogP contribution in [0.1, 0.15) is 37.9 Å². The summed E-state index contributed by atoms with van der Waals surface area (Å²) in [6, 6.07) is 8.09. The molecule has 6 nitrogen and oxygen atoms in total. The van der Waals surface area contributed by atoms with Crippen LogP contribution >= 0.6 is 0 Å². The third kappa shape index (κ3) is 5.52. The molecule has 1 aromatic heterocycles. The molecule has 2 aromatic rings. The second-order valence-electron chi connectivity index (χ2n) is 6.33. The van der Waals surface area contributed by atoms with Gasteiger partial charge in [0.25, 0.3) is 0 Å². The van der Waals surface area contributed by atoms with Gasteiger partial charge in [-0.3, -0.25) is 4.79 Å². The monoisotopic (exact) mass is 344 g/mol. The van der Waals surface area contributed by atoms with Crippen LogP contribution in [0.25, 0.3) is 10.9 Å². The van der Waals surface area contributed by atoms with Gasteiger partial charge in [-0.15, -0.1) is 0 Å². The molecule has 1 aromatic carbocycles. The molecule has 4 N–H and O–H groups in total. The maximum Gasteiger partial charge on any atom is 0.314 e. The van der Waals surface area contributed by atoms with Crippen molar-refractivity contribution < 1.29 is 9.59 Å². The van der Waals surface area contributed by atoms with Crippen LogP contribution in [0.3, 0.4) is 0 Å². The first-order valence-electron chi connectivity index (χ1n) is 8.88. The Bertz CT molecular complexity index is 723. The number of H-pyrrole nitrogens is 1. The van der Waals surface area contributed by atoms with Crippen molar-refractivity contribution in [2.75, 3.05) is 13.1 Å². The number of carbonyl (C=O) groups excluding carboxylic acids is 2. The molecular formula is C19H28N4O2. The lowest BCUT2D eigenvalue weighted by molar-refractivity contribution is -0.121. The molecule has 136 valence electrons. The van der Waals surface area contributed by atoms with Crippen molar-refractivity contribution in [3.8, 4) is 0 Å². The summed E-state index contributed by atoms with van der Waals surface area (Å²) in [6.07, 6.45) is 1.95. The second kappa shape index (κ2) is 9.11. The Morgan fingerprint density at radius 3 is 2.64 bits per heavy atom. The lowest BCUT2D eigenvalue weighted by Crippen LogP contribution is -2.39. The number of aromatic nitrogens is 1. The molecule has 3 amide bonds. The summed E-state index contributed by atoms with van der Waals surface area (Å²) in [5, 5.41) is 9.63. The van der Waals surface area contributed by atoms with E-state index in [9.17, 15) is 9.59 Å². The zero-order valence-electron chi connectivity index (χ0n) is 15.2. The SMILES string of the molecule is CCC(C)NC(=O)CCNC(=O)NCCc1c(C)[nH]c2ccccc12. The molecule has 0 bridgehead atoms. The van der Waals surface area contributed by atoms with Gasteiger partial charge in [-0.25, -0.2) is 4.79 Å². The Labute approximate surface area is 148 Å². The first-order valence-corrected chi connectivity index (χ1v) is 8.88. The van der Waals surface area contributed by atoms with Gasteiger partial charge < -0.3 is 20.9 Å². The Morgan fingerprint density at radius 2 is 1.88 bits per heavy atom. The van der Waals surface area contributed by atoms with Crippen molar-refractivity contribution >= 4 is 22.8 Å². The minimum Gasteiger partial charge on any atom is -0.358 e. The minimum atomic E-state index is -0.242. The molecule has 0 aliphatic rings. The zero-order valence-corrected chi connectivity index (χ0v) is 15.2. The van der Waals surface area contributed by atoms with Crippen LogP contribution in [0.15, 0.2) is 24.3 Å². The molecule has 0 saturated carbocycles. The molecule has 0 aliphatic carbocycles. The summed E-state index contributed by atoms with van der Waals surface area (Å²) in [6.45, 7) is 6.91. The van der Waals surface area contributed by atoms with Crippen LogP contribution in [-0.2, 0) is 11.2 Å². The maximum atomic E-state index is 11.8. The van der Waals surface area contributed by atoms with Gasteiger partial charge in [0, 0.05) is 42.1 Å². The number of aromatic amines is 1. The Hall–Kier alpha value is -2.50. The van der Waals surface area contributed by atoms with Crippen LogP contribution in [-0.4, -0.2) is 36.1 Å². The highest BCUT2D eigenvalue weighted by atomic mass is 16.2. The highest BCUT2D eigenvalue weighted by Crippen LogP contribution is 2.21. The number of hydrogen-bond donors (Lipinski definition) is 4. The van der Waals surface area contributed by atoms with Crippen molar-refractivity contribution in [3.05, 3.63) is 35.5 Å². The molecule has 0 radical (unpaired) electrons. The lowest BCUT2D eigenvalue weighted by Gasteiger charge is -2.12. The maximum absolute atomic E-state index is 11.8. The first-order chi connectivity index (χ1) is 12.0. The molecule has 0 saturated heterocycles. The number of benzene rings is 1. The number of hydrogen-bond acceptors (Lipinski definition) is 2. The van der Waals surface area contributed by atoms with Crippen molar-refractivity contribution in [1.29, 1.82) is 0 Å². The number of carbonyl (C=O) groups is 2. The molecule has 2 rings (SSSR count). The molecular weight excluding hydrogens is 316 g/mol. The number of urea groups is 1. The van der Waals surface area contributed by atoms with E-state index in [0.29, 0.717) is 19.5 Å². The minimum absolute atomic E-state index is 0.0379. The number of amides is 3. The normalized spacial score (nSPS) is 12.0. The van der Waals surface area contributed by atoms with Gasteiger partial charge in [-0.2, -0.15) is 0 Å². The topological polar surface area (TPSA) is 86.0 Å². The summed E-state index contributed by atoms with van der Waals surface area (Å²) in [4.78, 5) is 26.8. The molecule has 0 aliphatic heterocycles. The predicted octanol–water partition coefficient (Wildman–Crippen LogP) is 2.62. The van der Waals surface area contributed by atoms with E-state index >= 15 is 0 Å². The average molecular weight is 344 g/mol. The molecule has 1 unspecified atom stereocenters. The van der Waals surface area contributed by atoms with Gasteiger partial charge in [0.15, 0.2) is 0 Å². The van der Waals surface area contributed by atoms with Crippen LogP contribution in [0.4, 0.5) is 4.79 Å². The number of fused-ring (bicyclic) bond motifs is 1. The van der Waals surface area contributed by atoms with Crippen LogP contribution in [0, 0.1) is 6.92 Å². The average Bonchev–Trinajstić information content (AvgIpc) is 2.90. The van der Waals surface area contributed by atoms with E-state index in [2.05, 4.69) is 33.1 Å². The van der Waals surface area contributed by atoms with Crippen LogP contribution in [0.5, 0.6) is 0 Å². The smallest absolute Gasteiger partial charge is 0.314 e. The highest BCUT2D eigenvalue weighted by molar-refractivity contribution is 5.84. The number of aryl methyl sites for hydroxylation is 1. The van der Waals surface area contributed by atoms with E-state index in [1.807, 2.05) is 32.9 Å². The van der Waals surface area contributed by atoms with E-state index in [0.717, 1.165) is 24.1 Å². The summed E-state index contributed by atoms with van der Waals surface area (Å²) in [7, 11) is 0. The van der Waals surface area contributed by atoms with Gasteiger partial charge in [0.2, 0.25) is 5.91 Å². The van der Waals surface area contributed by atoms with Gasteiger partial charge in [0.05, 0.1) is 0 Å². The van der Waals surface area contributed by atoms with Crippen molar-refractivity contribution in [2.24, 2.45) is 0 Å². The highest BCUT2D eigenvalue weighted by Gasteiger charge is 2.09. The van der Waals surface area contributed by atoms with Crippen molar-refractivity contribution in [1.82, 2.24) is 20.9 Å². The summed E-state index contributed by atoms with van der Waals surface area (Å²) < 4.78 is 0. The number of rotatable bonds is 8.